The molecule has 0 saturated carbocycles. The van der Waals surface area contributed by atoms with Crippen molar-refractivity contribution < 1.29 is 8.42 Å². The zero-order valence-corrected chi connectivity index (χ0v) is 12.1. The van der Waals surface area contributed by atoms with Crippen molar-refractivity contribution >= 4 is 15.8 Å². The Kier molecular flexibility index (Phi) is 4.04. The van der Waals surface area contributed by atoms with Gasteiger partial charge in [0.15, 0.2) is 11.6 Å². The number of hydrogen-bond acceptors (Lipinski definition) is 6. The number of anilines is 1. The topological polar surface area (TPSA) is 121 Å². The monoisotopic (exact) mass is 299 g/mol. The van der Waals surface area contributed by atoms with Gasteiger partial charge in [-0.15, -0.1) is 0 Å². The molecule has 0 atom stereocenters. The maximum Gasteiger partial charge on any atom is 0.245 e. The molecule has 2 rings (SSSR count). The summed E-state index contributed by atoms with van der Waals surface area (Å²) in [6, 6.07) is 0. The molecule has 0 unspecified atom stereocenters. The maximum atomic E-state index is 12.1. The number of nitrogens with zero attached hydrogens (tertiary/aromatic N) is 5. The highest BCUT2D eigenvalue weighted by atomic mass is 32.2. The largest absolute Gasteiger partial charge is 0.381 e. The Morgan fingerprint density at radius 1 is 1.40 bits per heavy atom. The van der Waals surface area contributed by atoms with E-state index in [4.69, 9.17) is 5.73 Å². The van der Waals surface area contributed by atoms with Crippen LogP contribution in [0, 0.1) is 0 Å². The van der Waals surface area contributed by atoms with Crippen molar-refractivity contribution in [3.63, 3.8) is 0 Å². The molecule has 0 aromatic carbocycles. The molecule has 0 radical (unpaired) electrons. The molecule has 10 heteroatoms. The second-order valence-corrected chi connectivity index (χ2v) is 5.95. The van der Waals surface area contributed by atoms with Gasteiger partial charge >= 0.3 is 0 Å². The number of aromatic nitrogens is 5. The Labute approximate surface area is 116 Å². The van der Waals surface area contributed by atoms with Crippen LogP contribution < -0.4 is 10.5 Å². The summed E-state index contributed by atoms with van der Waals surface area (Å²) in [5.74, 6) is 0.572. The molecule has 3 N–H and O–H groups in total. The van der Waals surface area contributed by atoms with Gasteiger partial charge in [-0.25, -0.2) is 18.1 Å². The summed E-state index contributed by atoms with van der Waals surface area (Å²) in [4.78, 5) is 4.01. The highest BCUT2D eigenvalue weighted by Gasteiger charge is 2.20. The smallest absolute Gasteiger partial charge is 0.245 e. The average molecular weight is 299 g/mol. The summed E-state index contributed by atoms with van der Waals surface area (Å²) in [7, 11) is -1.91. The van der Waals surface area contributed by atoms with Crippen LogP contribution in [0.1, 0.15) is 12.7 Å². The maximum absolute atomic E-state index is 12.1. The lowest BCUT2D eigenvalue weighted by molar-refractivity contribution is 0.580. The zero-order valence-electron chi connectivity index (χ0n) is 11.3. The van der Waals surface area contributed by atoms with Crippen molar-refractivity contribution in [2.45, 2.75) is 24.8 Å². The van der Waals surface area contributed by atoms with E-state index in [1.807, 2.05) is 6.92 Å². The van der Waals surface area contributed by atoms with E-state index >= 15 is 0 Å². The summed E-state index contributed by atoms with van der Waals surface area (Å²) in [6.07, 6.45) is 3.38. The van der Waals surface area contributed by atoms with Gasteiger partial charge in [0.2, 0.25) is 10.0 Å². The molecule has 110 valence electrons. The van der Waals surface area contributed by atoms with Crippen LogP contribution >= 0.6 is 0 Å². The van der Waals surface area contributed by atoms with Crippen LogP contribution in [0.5, 0.6) is 0 Å². The van der Waals surface area contributed by atoms with E-state index in [9.17, 15) is 8.42 Å². The second kappa shape index (κ2) is 5.59. The molecule has 0 aliphatic rings. The summed E-state index contributed by atoms with van der Waals surface area (Å²) in [5.41, 5.74) is 5.61. The van der Waals surface area contributed by atoms with Crippen LogP contribution in [-0.2, 0) is 30.0 Å². The molecule has 0 spiro atoms. The number of hydrogen-bond donors (Lipinski definition) is 2. The van der Waals surface area contributed by atoms with Gasteiger partial charge in [0.05, 0.1) is 0 Å². The number of rotatable bonds is 6. The van der Waals surface area contributed by atoms with E-state index in [-0.39, 0.29) is 17.3 Å². The number of nitrogens with one attached hydrogen (secondary N) is 1. The van der Waals surface area contributed by atoms with E-state index in [1.165, 1.54) is 10.9 Å². The standard InChI is InChI=1S/C10H17N7O2S/c1-3-17-6-8(10(11)15-17)20(18,19)13-5-4-9-12-7-16(2)14-9/h6-7,13H,3-5H2,1-2H3,(H2,11,15). The van der Waals surface area contributed by atoms with Crippen LogP contribution in [0.25, 0.3) is 0 Å². The van der Waals surface area contributed by atoms with Gasteiger partial charge in [-0.3, -0.25) is 9.36 Å². The van der Waals surface area contributed by atoms with E-state index in [1.54, 1.807) is 18.1 Å². The van der Waals surface area contributed by atoms with Crippen molar-refractivity contribution in [1.29, 1.82) is 0 Å². The lowest BCUT2D eigenvalue weighted by Crippen LogP contribution is -2.26. The summed E-state index contributed by atoms with van der Waals surface area (Å²) < 4.78 is 29.7. The second-order valence-electron chi connectivity index (χ2n) is 4.22. The Hall–Kier alpha value is -1.94. The molecule has 2 aromatic heterocycles. The summed E-state index contributed by atoms with van der Waals surface area (Å²) >= 11 is 0. The van der Waals surface area contributed by atoms with Crippen molar-refractivity contribution in [2.75, 3.05) is 12.3 Å². The van der Waals surface area contributed by atoms with E-state index in [0.29, 0.717) is 18.8 Å². The fraction of sp³-hybridized carbons (Fsp3) is 0.500. The fourth-order valence-electron chi connectivity index (χ4n) is 1.66. The van der Waals surface area contributed by atoms with Gasteiger partial charge in [-0.05, 0) is 6.92 Å². The molecule has 2 aromatic rings. The Morgan fingerprint density at radius 3 is 2.70 bits per heavy atom. The first-order valence-electron chi connectivity index (χ1n) is 6.09. The minimum absolute atomic E-state index is 0.00434. The first kappa shape index (κ1) is 14.5. The molecule has 0 aliphatic heterocycles. The molecule has 0 amide bonds. The SMILES string of the molecule is CCn1cc(S(=O)(=O)NCCc2ncn(C)n2)c(N)n1. The van der Waals surface area contributed by atoms with Gasteiger partial charge in [-0.2, -0.15) is 10.2 Å². The van der Waals surface area contributed by atoms with Crippen LogP contribution in [-0.4, -0.2) is 39.5 Å². The number of nitrogen functional groups attached to an aromatic ring is 1. The molecule has 0 saturated heterocycles. The molecule has 0 bridgehead atoms. The Balaban J connectivity index is 2.01. The quantitative estimate of drug-likeness (QED) is 0.715. The molecular formula is C10H17N7O2S. The first-order valence-corrected chi connectivity index (χ1v) is 7.58. The molecule has 20 heavy (non-hydrogen) atoms. The van der Waals surface area contributed by atoms with Crippen molar-refractivity contribution in [3.05, 3.63) is 18.3 Å². The van der Waals surface area contributed by atoms with Gasteiger partial charge in [-0.1, -0.05) is 0 Å². The third-order valence-electron chi connectivity index (χ3n) is 2.66. The molecule has 0 aliphatic carbocycles. The zero-order chi connectivity index (χ0) is 14.8. The van der Waals surface area contributed by atoms with Crippen molar-refractivity contribution in [3.8, 4) is 0 Å². The van der Waals surface area contributed by atoms with Crippen molar-refractivity contribution in [1.82, 2.24) is 29.3 Å². The Bertz CT molecular complexity index is 688. The van der Waals surface area contributed by atoms with Gasteiger partial charge in [0.1, 0.15) is 11.2 Å². The normalized spacial score (nSPS) is 11.9. The highest BCUT2D eigenvalue weighted by molar-refractivity contribution is 7.89. The average Bonchev–Trinajstić information content (AvgIpc) is 2.95. The van der Waals surface area contributed by atoms with E-state index in [2.05, 4.69) is 19.9 Å². The van der Waals surface area contributed by atoms with E-state index in [0.717, 1.165) is 0 Å². The third-order valence-corrected chi connectivity index (χ3v) is 4.13. The molecule has 0 fully saturated rings. The summed E-state index contributed by atoms with van der Waals surface area (Å²) in [6.45, 7) is 2.60. The summed E-state index contributed by atoms with van der Waals surface area (Å²) in [5, 5.41) is 7.98. The van der Waals surface area contributed by atoms with Crippen LogP contribution in [0.4, 0.5) is 5.82 Å². The van der Waals surface area contributed by atoms with Gasteiger partial charge in [0, 0.05) is 32.8 Å². The highest BCUT2D eigenvalue weighted by Crippen LogP contribution is 2.15. The first-order chi connectivity index (χ1) is 9.42. The van der Waals surface area contributed by atoms with Crippen molar-refractivity contribution in [2.24, 2.45) is 7.05 Å². The van der Waals surface area contributed by atoms with Gasteiger partial charge < -0.3 is 5.73 Å². The van der Waals surface area contributed by atoms with Crippen LogP contribution in [0.2, 0.25) is 0 Å². The van der Waals surface area contributed by atoms with E-state index < -0.39 is 10.0 Å². The third kappa shape index (κ3) is 3.14. The number of nitrogens with two attached hydrogens (primary N) is 1. The molecular weight excluding hydrogens is 282 g/mol. The van der Waals surface area contributed by atoms with Crippen LogP contribution in [0.3, 0.4) is 0 Å². The molecule has 2 heterocycles. The fourth-order valence-corrected chi connectivity index (χ4v) is 2.76. The number of aryl methyl sites for hydroxylation is 2. The minimum Gasteiger partial charge on any atom is -0.381 e. The van der Waals surface area contributed by atoms with Gasteiger partial charge in [0.25, 0.3) is 0 Å². The minimum atomic E-state index is -3.66. The predicted molar refractivity (Wildman–Crippen MR) is 72.2 cm³/mol. The molecule has 9 nitrogen and oxygen atoms in total. The lowest BCUT2D eigenvalue weighted by atomic mass is 10.4. The van der Waals surface area contributed by atoms with Crippen LogP contribution in [0.15, 0.2) is 17.4 Å². The number of sulfonamides is 1. The predicted octanol–water partition coefficient (Wildman–Crippen LogP) is -0.865. The lowest BCUT2D eigenvalue weighted by Gasteiger charge is -2.03. The Morgan fingerprint density at radius 2 is 2.15 bits per heavy atom.